The number of hydrogen-bond acceptors (Lipinski definition) is 2. The summed E-state index contributed by atoms with van der Waals surface area (Å²) in [5.41, 5.74) is 16.8. The predicted molar refractivity (Wildman–Crippen MR) is 230 cm³/mol. The SMILES string of the molecule is c1ccc(N(c2ccccc2)c2ccc3cc(-c4ccc5c(c4)C4(c6ccccc6-5)c5ccccc5N(c5ccccc5)c5ccccc54)ccc3c2)cc1. The molecule has 0 saturated heterocycles. The molecule has 0 radical (unpaired) electrons. The van der Waals surface area contributed by atoms with Gasteiger partial charge in [0.15, 0.2) is 0 Å². The van der Waals surface area contributed by atoms with Gasteiger partial charge in [-0.2, -0.15) is 0 Å². The summed E-state index contributed by atoms with van der Waals surface area (Å²) < 4.78 is 0. The quantitative estimate of drug-likeness (QED) is 0.176. The lowest BCUT2D eigenvalue weighted by Crippen LogP contribution is -2.36. The van der Waals surface area contributed by atoms with Crippen molar-refractivity contribution < 1.29 is 0 Å². The molecule has 0 N–H and O–H groups in total. The van der Waals surface area contributed by atoms with Crippen LogP contribution in [0.15, 0.2) is 218 Å². The highest BCUT2D eigenvalue weighted by Gasteiger charge is 2.51. The standard InChI is InChI=1S/C53H36N2/c1-4-16-41(17-5-1)54(42-18-6-2-7-19-42)44-32-30-38-34-37(28-29-39(38)35-44)40-31-33-46-45-22-10-11-23-47(45)53(50(46)36-40)48-24-12-14-26-51(48)55(43-20-8-3-9-21-43)52-27-15-13-25-49(52)53/h1-36H. The Morgan fingerprint density at radius 3 is 1.49 bits per heavy atom. The summed E-state index contributed by atoms with van der Waals surface area (Å²) in [5, 5.41) is 2.42. The third-order valence-electron chi connectivity index (χ3n) is 11.6. The lowest BCUT2D eigenvalue weighted by Gasteiger charge is -2.45. The molecule has 0 saturated carbocycles. The van der Waals surface area contributed by atoms with Gasteiger partial charge in [-0.05, 0) is 128 Å². The molecule has 1 heterocycles. The molecule has 1 aliphatic carbocycles. The molecular formula is C53H36N2. The van der Waals surface area contributed by atoms with Gasteiger partial charge in [-0.15, -0.1) is 0 Å². The smallest absolute Gasteiger partial charge is 0.0754 e. The average Bonchev–Trinajstić information content (AvgIpc) is 3.55. The van der Waals surface area contributed by atoms with Gasteiger partial charge in [-0.25, -0.2) is 0 Å². The van der Waals surface area contributed by atoms with Gasteiger partial charge in [0, 0.05) is 22.7 Å². The minimum atomic E-state index is -0.482. The van der Waals surface area contributed by atoms with Gasteiger partial charge in [0.1, 0.15) is 0 Å². The van der Waals surface area contributed by atoms with Crippen molar-refractivity contribution in [1.29, 1.82) is 0 Å². The van der Waals surface area contributed by atoms with Crippen LogP contribution in [0.2, 0.25) is 0 Å². The lowest BCUT2D eigenvalue weighted by molar-refractivity contribution is 0.753. The van der Waals surface area contributed by atoms with Crippen LogP contribution in [0.25, 0.3) is 33.0 Å². The first-order valence-electron chi connectivity index (χ1n) is 19.0. The van der Waals surface area contributed by atoms with Crippen LogP contribution in [0.1, 0.15) is 22.3 Å². The summed E-state index contributed by atoms with van der Waals surface area (Å²) in [6.07, 6.45) is 0. The summed E-state index contributed by atoms with van der Waals surface area (Å²) in [4.78, 5) is 4.76. The maximum absolute atomic E-state index is 2.48. The zero-order valence-corrected chi connectivity index (χ0v) is 30.2. The molecule has 258 valence electrons. The maximum Gasteiger partial charge on any atom is 0.0754 e. The van der Waals surface area contributed by atoms with Gasteiger partial charge in [-0.1, -0.05) is 146 Å². The second-order valence-corrected chi connectivity index (χ2v) is 14.5. The van der Waals surface area contributed by atoms with Crippen molar-refractivity contribution >= 4 is 44.9 Å². The van der Waals surface area contributed by atoms with Crippen LogP contribution in [-0.4, -0.2) is 0 Å². The molecule has 2 nitrogen and oxygen atoms in total. The van der Waals surface area contributed by atoms with Crippen molar-refractivity contribution in [2.45, 2.75) is 5.41 Å². The second kappa shape index (κ2) is 12.5. The van der Waals surface area contributed by atoms with Crippen LogP contribution in [0.5, 0.6) is 0 Å². The van der Waals surface area contributed by atoms with Crippen LogP contribution in [-0.2, 0) is 5.41 Å². The van der Waals surface area contributed by atoms with Crippen molar-refractivity contribution in [2.75, 3.05) is 9.80 Å². The van der Waals surface area contributed by atoms with E-state index < -0.39 is 5.41 Å². The summed E-state index contributed by atoms with van der Waals surface area (Å²) in [5.74, 6) is 0. The predicted octanol–water partition coefficient (Wildman–Crippen LogP) is 14.1. The number of rotatable bonds is 5. The summed E-state index contributed by atoms with van der Waals surface area (Å²) >= 11 is 0. The van der Waals surface area contributed by atoms with Crippen molar-refractivity contribution in [3.63, 3.8) is 0 Å². The van der Waals surface area contributed by atoms with Crippen molar-refractivity contribution in [2.24, 2.45) is 0 Å². The van der Waals surface area contributed by atoms with Crippen molar-refractivity contribution in [3.8, 4) is 22.3 Å². The third-order valence-corrected chi connectivity index (χ3v) is 11.6. The van der Waals surface area contributed by atoms with E-state index in [4.69, 9.17) is 0 Å². The van der Waals surface area contributed by atoms with Gasteiger partial charge in [0.25, 0.3) is 0 Å². The molecule has 2 heteroatoms. The van der Waals surface area contributed by atoms with E-state index in [-0.39, 0.29) is 0 Å². The molecule has 0 aromatic heterocycles. The molecule has 11 rings (SSSR count). The zero-order chi connectivity index (χ0) is 36.3. The first kappa shape index (κ1) is 31.4. The largest absolute Gasteiger partial charge is 0.310 e. The molecule has 0 amide bonds. The minimum Gasteiger partial charge on any atom is -0.310 e. The molecule has 1 spiro atoms. The van der Waals surface area contributed by atoms with Crippen molar-refractivity contribution in [3.05, 3.63) is 241 Å². The molecule has 1 aliphatic heterocycles. The number of hydrogen-bond donors (Lipinski definition) is 0. The number of nitrogens with zero attached hydrogens (tertiary/aromatic N) is 2. The molecule has 55 heavy (non-hydrogen) atoms. The van der Waals surface area contributed by atoms with Crippen LogP contribution >= 0.6 is 0 Å². The van der Waals surface area contributed by atoms with Gasteiger partial charge in [-0.3, -0.25) is 0 Å². The van der Waals surface area contributed by atoms with Crippen LogP contribution in [0, 0.1) is 0 Å². The maximum atomic E-state index is 2.48. The van der Waals surface area contributed by atoms with Gasteiger partial charge >= 0.3 is 0 Å². The van der Waals surface area contributed by atoms with Gasteiger partial charge in [0.05, 0.1) is 16.8 Å². The molecule has 0 fully saturated rings. The number of para-hydroxylation sites is 5. The van der Waals surface area contributed by atoms with E-state index in [2.05, 4.69) is 228 Å². The Morgan fingerprint density at radius 1 is 0.327 bits per heavy atom. The molecular weight excluding hydrogens is 665 g/mol. The van der Waals surface area contributed by atoms with E-state index in [1.807, 2.05) is 0 Å². The van der Waals surface area contributed by atoms with E-state index in [9.17, 15) is 0 Å². The fraction of sp³-hybridized carbons (Fsp3) is 0.0189. The second-order valence-electron chi connectivity index (χ2n) is 14.5. The van der Waals surface area contributed by atoms with Crippen LogP contribution in [0.4, 0.5) is 34.1 Å². The van der Waals surface area contributed by atoms with Crippen LogP contribution < -0.4 is 9.80 Å². The Hall–Kier alpha value is -7.16. The first-order chi connectivity index (χ1) is 27.3. The van der Waals surface area contributed by atoms with Crippen molar-refractivity contribution in [1.82, 2.24) is 0 Å². The zero-order valence-electron chi connectivity index (χ0n) is 30.2. The molecule has 9 aromatic rings. The molecule has 0 atom stereocenters. The molecule has 9 aromatic carbocycles. The Morgan fingerprint density at radius 2 is 0.818 bits per heavy atom. The topological polar surface area (TPSA) is 6.48 Å². The fourth-order valence-corrected chi connectivity index (χ4v) is 9.29. The highest BCUT2D eigenvalue weighted by atomic mass is 15.2. The number of anilines is 6. The highest BCUT2D eigenvalue weighted by molar-refractivity contribution is 5.97. The summed E-state index contributed by atoms with van der Waals surface area (Å²) in [7, 11) is 0. The van der Waals surface area contributed by atoms with Crippen LogP contribution in [0.3, 0.4) is 0 Å². The Kier molecular flexibility index (Phi) is 7.11. The summed E-state index contributed by atoms with van der Waals surface area (Å²) in [6, 6.07) is 79.9. The van der Waals surface area contributed by atoms with Gasteiger partial charge < -0.3 is 9.80 Å². The first-order valence-corrected chi connectivity index (χ1v) is 19.0. The highest BCUT2D eigenvalue weighted by Crippen LogP contribution is 2.63. The normalized spacial score (nSPS) is 13.2. The number of fused-ring (bicyclic) bond motifs is 10. The molecule has 0 bridgehead atoms. The Bertz CT molecular complexity index is 2790. The average molecular weight is 701 g/mol. The van der Waals surface area contributed by atoms with E-state index in [0.29, 0.717) is 0 Å². The third kappa shape index (κ3) is 4.75. The molecule has 0 unspecified atom stereocenters. The van der Waals surface area contributed by atoms with E-state index in [1.165, 1.54) is 66.7 Å². The van der Waals surface area contributed by atoms with Gasteiger partial charge in [0.2, 0.25) is 0 Å². The summed E-state index contributed by atoms with van der Waals surface area (Å²) in [6.45, 7) is 0. The fourth-order valence-electron chi connectivity index (χ4n) is 9.29. The minimum absolute atomic E-state index is 0.482. The lowest BCUT2D eigenvalue weighted by atomic mass is 9.64. The molecule has 2 aliphatic rings. The van der Waals surface area contributed by atoms with E-state index in [0.717, 1.165) is 22.7 Å². The Balaban J connectivity index is 1.08. The van der Waals surface area contributed by atoms with E-state index >= 15 is 0 Å². The van der Waals surface area contributed by atoms with E-state index in [1.54, 1.807) is 0 Å². The monoisotopic (exact) mass is 700 g/mol. The number of benzene rings is 9. The Labute approximate surface area is 321 Å².